The number of hydrogen-bond donors (Lipinski definition) is 1. The molecule has 0 radical (unpaired) electrons. The summed E-state index contributed by atoms with van der Waals surface area (Å²) in [6.07, 6.45) is 2.00. The number of ether oxygens (including phenoxy) is 1. The number of nitrogens with one attached hydrogen (secondary N) is 1. The van der Waals surface area contributed by atoms with Gasteiger partial charge in [-0.3, -0.25) is 9.59 Å². The minimum atomic E-state index is -0.276. The molecule has 0 unspecified atom stereocenters. The number of anilines is 1. The first kappa shape index (κ1) is 16.1. The zero-order chi connectivity index (χ0) is 17.1. The number of rotatable bonds is 6. The van der Waals surface area contributed by atoms with E-state index < -0.39 is 0 Å². The van der Waals surface area contributed by atoms with Crippen LogP contribution in [0, 0.1) is 0 Å². The molecule has 0 aliphatic rings. The Bertz CT molecular complexity index is 900. The molecule has 0 saturated heterocycles. The van der Waals surface area contributed by atoms with Gasteiger partial charge in [0.25, 0.3) is 0 Å². The van der Waals surface area contributed by atoms with Gasteiger partial charge in [0.2, 0.25) is 0 Å². The molecule has 3 aromatic heterocycles. The van der Waals surface area contributed by atoms with Crippen LogP contribution in [0.3, 0.4) is 0 Å². The van der Waals surface area contributed by atoms with Crippen molar-refractivity contribution >= 4 is 34.6 Å². The summed E-state index contributed by atoms with van der Waals surface area (Å²) < 4.78 is 6.32. The zero-order valence-corrected chi connectivity index (χ0v) is 14.1. The van der Waals surface area contributed by atoms with Gasteiger partial charge in [-0.25, -0.2) is 9.50 Å². The van der Waals surface area contributed by atoms with E-state index in [1.165, 1.54) is 18.4 Å². The predicted molar refractivity (Wildman–Crippen MR) is 91.4 cm³/mol. The average molecular weight is 344 g/mol. The molecule has 8 heteroatoms. The van der Waals surface area contributed by atoms with Gasteiger partial charge in [0.1, 0.15) is 11.5 Å². The summed E-state index contributed by atoms with van der Waals surface area (Å²) in [6, 6.07) is 7.35. The Kier molecular flexibility index (Phi) is 4.57. The summed E-state index contributed by atoms with van der Waals surface area (Å²) in [5.41, 5.74) is 1.53. The van der Waals surface area contributed by atoms with Gasteiger partial charge >= 0.3 is 5.97 Å². The topological polar surface area (TPSA) is 85.6 Å². The highest BCUT2D eigenvalue weighted by molar-refractivity contribution is 7.17. The van der Waals surface area contributed by atoms with E-state index in [0.717, 1.165) is 10.6 Å². The summed E-state index contributed by atoms with van der Waals surface area (Å²) in [5, 5.41) is 7.58. The van der Waals surface area contributed by atoms with Crippen molar-refractivity contribution in [3.63, 3.8) is 0 Å². The Hall–Kier alpha value is -2.74. The summed E-state index contributed by atoms with van der Waals surface area (Å²) in [6.45, 7) is 1.98. The Labute approximate surface area is 142 Å². The second-order valence-electron chi connectivity index (χ2n) is 5.11. The molecule has 0 aromatic carbocycles. The average Bonchev–Trinajstić information content (AvgIpc) is 3.20. The van der Waals surface area contributed by atoms with Gasteiger partial charge in [-0.1, -0.05) is 0 Å². The Morgan fingerprint density at radius 1 is 1.29 bits per heavy atom. The molecule has 24 heavy (non-hydrogen) atoms. The fraction of sp³-hybridized carbons (Fsp3) is 0.250. The number of nitrogens with zero attached hydrogens (tertiary/aromatic N) is 3. The second kappa shape index (κ2) is 6.79. The summed E-state index contributed by atoms with van der Waals surface area (Å²) >= 11 is 1.41. The smallest absolute Gasteiger partial charge is 0.307 e. The third-order valence-electron chi connectivity index (χ3n) is 3.43. The quantitative estimate of drug-likeness (QED) is 0.546. The molecule has 0 bridgehead atoms. The molecule has 0 amide bonds. The van der Waals surface area contributed by atoms with Gasteiger partial charge in [-0.2, -0.15) is 0 Å². The fourth-order valence-corrected chi connectivity index (χ4v) is 3.09. The molecule has 0 aliphatic heterocycles. The summed E-state index contributed by atoms with van der Waals surface area (Å²) in [7, 11) is 1.36. The van der Waals surface area contributed by atoms with E-state index >= 15 is 0 Å². The van der Waals surface area contributed by atoms with E-state index in [1.807, 2.05) is 12.1 Å². The number of thiophene rings is 1. The molecule has 0 spiro atoms. The molecule has 0 atom stereocenters. The third-order valence-corrected chi connectivity index (χ3v) is 4.64. The number of aromatic nitrogens is 3. The van der Waals surface area contributed by atoms with Gasteiger partial charge in [0, 0.05) is 6.54 Å². The lowest BCUT2D eigenvalue weighted by atomic mass is 10.3. The van der Waals surface area contributed by atoms with Gasteiger partial charge in [-0.15, -0.1) is 16.4 Å². The molecule has 3 rings (SSSR count). The molecule has 0 fully saturated rings. The van der Waals surface area contributed by atoms with Crippen molar-refractivity contribution in [2.24, 2.45) is 0 Å². The first-order chi connectivity index (χ1) is 11.6. The van der Waals surface area contributed by atoms with Gasteiger partial charge in [0.15, 0.2) is 11.4 Å². The van der Waals surface area contributed by atoms with Crippen LogP contribution in [-0.4, -0.2) is 40.0 Å². The standard InChI is InChI=1S/C16H16N4O3S/c1-10(21)12-3-4-13(24-12)11-9-18-15-6-5-14(19-20(11)15)17-8-7-16(22)23-2/h3-6,9H,7-8H2,1-2H3,(H,17,19). The van der Waals surface area contributed by atoms with Crippen LogP contribution in [0.25, 0.3) is 16.2 Å². The first-order valence-corrected chi connectivity index (χ1v) is 8.17. The van der Waals surface area contributed by atoms with Crippen molar-refractivity contribution in [3.8, 4) is 10.6 Å². The van der Waals surface area contributed by atoms with Crippen LogP contribution < -0.4 is 5.32 Å². The zero-order valence-electron chi connectivity index (χ0n) is 13.3. The van der Waals surface area contributed by atoms with E-state index in [9.17, 15) is 9.59 Å². The molecule has 1 N–H and O–H groups in total. The van der Waals surface area contributed by atoms with Crippen LogP contribution in [-0.2, 0) is 9.53 Å². The summed E-state index contributed by atoms with van der Waals surface area (Å²) in [4.78, 5) is 28.6. The van der Waals surface area contributed by atoms with E-state index in [0.29, 0.717) is 22.9 Å². The normalized spacial score (nSPS) is 10.8. The first-order valence-electron chi connectivity index (χ1n) is 7.35. The number of carbonyl (C=O) groups is 2. The van der Waals surface area contributed by atoms with E-state index in [-0.39, 0.29) is 18.2 Å². The minimum absolute atomic E-state index is 0.0400. The highest BCUT2D eigenvalue weighted by atomic mass is 32.1. The van der Waals surface area contributed by atoms with Crippen LogP contribution in [0.2, 0.25) is 0 Å². The second-order valence-corrected chi connectivity index (χ2v) is 6.19. The van der Waals surface area contributed by atoms with Crippen molar-refractivity contribution in [1.29, 1.82) is 0 Å². The summed E-state index contributed by atoms with van der Waals surface area (Å²) in [5.74, 6) is 0.398. The maximum atomic E-state index is 11.5. The molecule has 0 saturated carbocycles. The molecule has 0 aliphatic carbocycles. The van der Waals surface area contributed by atoms with E-state index in [4.69, 9.17) is 0 Å². The third kappa shape index (κ3) is 3.28. The van der Waals surface area contributed by atoms with Crippen LogP contribution >= 0.6 is 11.3 Å². The SMILES string of the molecule is COC(=O)CCNc1ccc2ncc(-c3ccc(C(C)=O)s3)n2n1. The molecule has 3 aromatic rings. The molecular formula is C16H16N4O3S. The number of fused-ring (bicyclic) bond motifs is 1. The highest BCUT2D eigenvalue weighted by Crippen LogP contribution is 2.28. The lowest BCUT2D eigenvalue weighted by Gasteiger charge is -2.06. The number of ketones is 1. The molecule has 7 nitrogen and oxygen atoms in total. The van der Waals surface area contributed by atoms with Crippen LogP contribution in [0.4, 0.5) is 5.82 Å². The van der Waals surface area contributed by atoms with Crippen molar-refractivity contribution < 1.29 is 14.3 Å². The van der Waals surface area contributed by atoms with E-state index in [1.54, 1.807) is 29.8 Å². The minimum Gasteiger partial charge on any atom is -0.469 e. The number of esters is 1. The highest BCUT2D eigenvalue weighted by Gasteiger charge is 2.12. The van der Waals surface area contributed by atoms with Gasteiger partial charge in [0.05, 0.1) is 29.5 Å². The van der Waals surface area contributed by atoms with Crippen LogP contribution in [0.15, 0.2) is 30.5 Å². The Morgan fingerprint density at radius 2 is 2.12 bits per heavy atom. The van der Waals surface area contributed by atoms with Crippen LogP contribution in [0.5, 0.6) is 0 Å². The molecular weight excluding hydrogens is 328 g/mol. The lowest BCUT2D eigenvalue weighted by Crippen LogP contribution is -2.11. The monoisotopic (exact) mass is 344 g/mol. The number of imidazole rings is 1. The van der Waals surface area contributed by atoms with Gasteiger partial charge in [-0.05, 0) is 31.2 Å². The predicted octanol–water partition coefficient (Wildman–Crippen LogP) is 2.64. The van der Waals surface area contributed by atoms with Crippen molar-refractivity contribution in [2.75, 3.05) is 19.0 Å². The van der Waals surface area contributed by atoms with E-state index in [2.05, 4.69) is 20.1 Å². The Morgan fingerprint density at radius 3 is 2.83 bits per heavy atom. The van der Waals surface area contributed by atoms with Crippen molar-refractivity contribution in [1.82, 2.24) is 14.6 Å². The maximum absolute atomic E-state index is 11.5. The van der Waals surface area contributed by atoms with Gasteiger partial charge < -0.3 is 10.1 Å². The maximum Gasteiger partial charge on any atom is 0.307 e. The molecule has 3 heterocycles. The van der Waals surface area contributed by atoms with Crippen molar-refractivity contribution in [2.45, 2.75) is 13.3 Å². The largest absolute Gasteiger partial charge is 0.469 e. The lowest BCUT2D eigenvalue weighted by molar-refractivity contribution is -0.140. The number of hydrogen-bond acceptors (Lipinski definition) is 7. The Balaban J connectivity index is 1.85. The van der Waals surface area contributed by atoms with Crippen LogP contribution in [0.1, 0.15) is 23.0 Å². The number of methoxy groups -OCH3 is 1. The fourth-order valence-electron chi connectivity index (χ4n) is 2.20. The number of Topliss-reactive ketones (excluding diaryl/α,β-unsaturated/α-hetero) is 1. The van der Waals surface area contributed by atoms with Crippen molar-refractivity contribution in [3.05, 3.63) is 35.3 Å². The number of carbonyl (C=O) groups excluding carboxylic acids is 2. The molecule has 124 valence electrons.